The van der Waals surface area contributed by atoms with Crippen LogP contribution in [-0.2, 0) is 54.2 Å². The van der Waals surface area contributed by atoms with Gasteiger partial charge < -0.3 is 37.2 Å². The molecule has 0 saturated heterocycles. The minimum Gasteiger partial charge on any atom is -1.00 e. The van der Waals surface area contributed by atoms with Gasteiger partial charge in [-0.2, -0.15) is 11.6 Å². The zero-order valence-electron chi connectivity index (χ0n) is 39.0. The zero-order chi connectivity index (χ0) is 40.4. The van der Waals surface area contributed by atoms with Gasteiger partial charge in [0.2, 0.25) is 0 Å². The molecule has 1 aliphatic carbocycles. The fourth-order valence-corrected chi connectivity index (χ4v) is 12.9. The SMILES string of the molecule is CC(C)(C)c1cc(C(C)(C)C)cc([Si](C2=CC[C-]=C2c2ccccc2)(c2cc(C(C)(C)C)cc(C(C)(C)C)c2)c2cc(C(C)(C)C)cc(C(C)(C)C)c2)c1.[Cl-].[Cl-].[Cl-].[Ti+4]. The van der Waals surface area contributed by atoms with E-state index in [9.17, 15) is 0 Å². The topological polar surface area (TPSA) is 0 Å². The van der Waals surface area contributed by atoms with Crippen molar-refractivity contribution in [1.29, 1.82) is 0 Å². The summed E-state index contributed by atoms with van der Waals surface area (Å²) >= 11 is 0. The number of rotatable bonds is 5. The molecule has 312 valence electrons. The van der Waals surface area contributed by atoms with Crippen LogP contribution >= 0.6 is 0 Å². The zero-order valence-corrected chi connectivity index (χ0v) is 43.8. The number of hydrogen-bond donors (Lipinski definition) is 0. The molecule has 0 unspecified atom stereocenters. The summed E-state index contributed by atoms with van der Waals surface area (Å²) in [6.07, 6.45) is 7.35. The molecule has 0 saturated carbocycles. The molecule has 4 aromatic carbocycles. The summed E-state index contributed by atoms with van der Waals surface area (Å²) in [7, 11) is -3.14. The normalized spacial score (nSPS) is 14.0. The van der Waals surface area contributed by atoms with Gasteiger partial charge in [-0.1, -0.05) is 219 Å². The summed E-state index contributed by atoms with van der Waals surface area (Å²) in [5.74, 6) is 0. The maximum absolute atomic E-state index is 3.97. The van der Waals surface area contributed by atoms with Crippen LogP contribution in [0.15, 0.2) is 96.2 Å². The van der Waals surface area contributed by atoms with Gasteiger partial charge in [-0.25, -0.2) is 0 Å². The standard InChI is InChI=1S/C53H71Si.3ClH.Ti/c1-48(2,3)37-27-38(49(4,5)6)31-43(30-37)54(47-26-22-25-46(47)36-23-20-19-21-24-36,44-32-39(50(7,8)9)28-40(33-44)51(10,11)12)45-34-41(52(13,14)15)29-42(35-45)53(16,17)18;;;;/h19-21,23-24,26-35H,22H2,1-18H3;3*1H;/q-1;;;;+4/p-3. The summed E-state index contributed by atoms with van der Waals surface area (Å²) < 4.78 is 0. The van der Waals surface area contributed by atoms with Crippen LogP contribution in [0.4, 0.5) is 0 Å². The van der Waals surface area contributed by atoms with Crippen LogP contribution in [0.25, 0.3) is 5.57 Å². The van der Waals surface area contributed by atoms with Crippen molar-refractivity contribution in [1.82, 2.24) is 0 Å². The second-order valence-electron chi connectivity index (χ2n) is 22.4. The third-order valence-corrected chi connectivity index (χ3v) is 16.3. The monoisotopic (exact) mass is 888 g/mol. The first-order valence-corrected chi connectivity index (χ1v) is 22.4. The minimum absolute atomic E-state index is 0. The van der Waals surface area contributed by atoms with E-state index in [0.29, 0.717) is 0 Å². The van der Waals surface area contributed by atoms with Gasteiger partial charge in [0.15, 0.2) is 0 Å². The molecule has 0 fully saturated rings. The van der Waals surface area contributed by atoms with Crippen molar-refractivity contribution in [3.05, 3.63) is 141 Å². The molecule has 0 radical (unpaired) electrons. The summed E-state index contributed by atoms with van der Waals surface area (Å²) in [5.41, 5.74) is 10.8. The Morgan fingerprint density at radius 3 is 0.897 bits per heavy atom. The van der Waals surface area contributed by atoms with Crippen molar-refractivity contribution in [2.45, 2.75) is 164 Å². The average molecular weight is 890 g/mol. The van der Waals surface area contributed by atoms with Gasteiger partial charge in [-0.3, -0.25) is 0 Å². The Bertz CT molecular complexity index is 1800. The van der Waals surface area contributed by atoms with Crippen LogP contribution in [0, 0.1) is 6.08 Å². The maximum Gasteiger partial charge on any atom is 4.00 e. The Morgan fingerprint density at radius 2 is 0.655 bits per heavy atom. The minimum atomic E-state index is -3.14. The third kappa shape index (κ3) is 11.3. The molecule has 0 N–H and O–H groups in total. The second kappa shape index (κ2) is 18.6. The average Bonchev–Trinajstić information content (AvgIpc) is 3.53. The maximum atomic E-state index is 3.97. The van der Waals surface area contributed by atoms with E-state index in [-0.39, 0.29) is 91.4 Å². The van der Waals surface area contributed by atoms with E-state index >= 15 is 0 Å². The molecule has 0 amide bonds. The molecular weight excluding hydrogens is 819 g/mol. The van der Waals surface area contributed by atoms with Gasteiger partial charge in [0.05, 0.1) is 0 Å². The van der Waals surface area contributed by atoms with Gasteiger partial charge >= 0.3 is 21.7 Å². The summed E-state index contributed by atoms with van der Waals surface area (Å²) in [6.45, 7) is 42.9. The van der Waals surface area contributed by atoms with E-state index in [1.54, 1.807) is 0 Å². The van der Waals surface area contributed by atoms with Gasteiger partial charge in [0, 0.05) is 0 Å². The number of benzene rings is 4. The first-order valence-electron chi connectivity index (χ1n) is 20.4. The van der Waals surface area contributed by atoms with E-state index in [1.807, 2.05) is 0 Å². The molecular formula is C53H71Cl3SiTi. The molecule has 5 heteroatoms. The van der Waals surface area contributed by atoms with Crippen molar-refractivity contribution >= 4 is 29.2 Å². The first kappa shape index (κ1) is 54.2. The van der Waals surface area contributed by atoms with Crippen molar-refractivity contribution in [2.24, 2.45) is 0 Å². The molecule has 5 rings (SSSR count). The summed E-state index contributed by atoms with van der Waals surface area (Å²) in [6, 6.07) is 34.4. The quantitative estimate of drug-likeness (QED) is 0.163. The molecule has 0 aliphatic heterocycles. The molecule has 58 heavy (non-hydrogen) atoms. The van der Waals surface area contributed by atoms with Gasteiger partial charge in [0.1, 0.15) is 8.07 Å². The molecule has 0 bridgehead atoms. The number of allylic oxidation sites excluding steroid dienone is 4. The predicted octanol–water partition coefficient (Wildman–Crippen LogP) is 3.71. The van der Waals surface area contributed by atoms with Gasteiger partial charge in [0.25, 0.3) is 0 Å². The van der Waals surface area contributed by atoms with Crippen LogP contribution in [0.2, 0.25) is 0 Å². The van der Waals surface area contributed by atoms with E-state index in [1.165, 1.54) is 65.3 Å². The Hall–Kier alpha value is -1.84. The molecule has 0 aromatic heterocycles. The predicted molar refractivity (Wildman–Crippen MR) is 242 cm³/mol. The van der Waals surface area contributed by atoms with Crippen molar-refractivity contribution < 1.29 is 58.9 Å². The third-order valence-electron chi connectivity index (χ3n) is 11.6. The fraction of sp³-hybridized carbons (Fsp3) is 0.472. The van der Waals surface area contributed by atoms with Crippen molar-refractivity contribution in [3.8, 4) is 0 Å². The Balaban J connectivity index is 0.00000420. The smallest absolute Gasteiger partial charge is 1.00 e. The van der Waals surface area contributed by atoms with E-state index in [4.69, 9.17) is 0 Å². The molecule has 0 heterocycles. The van der Waals surface area contributed by atoms with Crippen LogP contribution in [0.1, 0.15) is 170 Å². The van der Waals surface area contributed by atoms with Crippen molar-refractivity contribution in [3.63, 3.8) is 0 Å². The fourth-order valence-electron chi connectivity index (χ4n) is 7.75. The molecule has 0 nitrogen and oxygen atoms in total. The first-order chi connectivity index (χ1) is 24.5. The Labute approximate surface area is 390 Å². The summed E-state index contributed by atoms with van der Waals surface area (Å²) in [5, 5.41) is 5.89. The molecule has 4 aromatic rings. The summed E-state index contributed by atoms with van der Waals surface area (Å²) in [4.78, 5) is 0. The number of halogens is 3. The van der Waals surface area contributed by atoms with Gasteiger partial charge in [-0.05, 0) is 65.9 Å². The van der Waals surface area contributed by atoms with E-state index in [2.05, 4.69) is 222 Å². The number of hydrogen-bond acceptors (Lipinski definition) is 0. The van der Waals surface area contributed by atoms with Crippen LogP contribution in [0.5, 0.6) is 0 Å². The second-order valence-corrected chi connectivity index (χ2v) is 26.2. The largest absolute Gasteiger partial charge is 4.00 e. The molecule has 0 atom stereocenters. The van der Waals surface area contributed by atoms with Crippen LogP contribution in [-0.4, -0.2) is 8.07 Å². The van der Waals surface area contributed by atoms with Crippen LogP contribution < -0.4 is 52.8 Å². The Kier molecular flexibility index (Phi) is 17.4. The van der Waals surface area contributed by atoms with E-state index in [0.717, 1.165) is 6.42 Å². The van der Waals surface area contributed by atoms with E-state index < -0.39 is 8.07 Å². The van der Waals surface area contributed by atoms with Gasteiger partial charge in [-0.15, -0.1) is 29.0 Å². The Morgan fingerprint density at radius 1 is 0.397 bits per heavy atom. The molecule has 0 spiro atoms. The molecule has 1 aliphatic rings. The van der Waals surface area contributed by atoms with Crippen LogP contribution in [0.3, 0.4) is 0 Å². The van der Waals surface area contributed by atoms with Crippen molar-refractivity contribution in [2.75, 3.05) is 0 Å².